The Morgan fingerprint density at radius 2 is 1.66 bits per heavy atom. The van der Waals surface area contributed by atoms with Crippen molar-refractivity contribution in [2.75, 3.05) is 18.1 Å². The van der Waals surface area contributed by atoms with Crippen LogP contribution in [0.1, 0.15) is 23.1 Å². The van der Waals surface area contributed by atoms with Crippen LogP contribution in [0.4, 0.5) is 5.69 Å². The van der Waals surface area contributed by atoms with Gasteiger partial charge in [-0.1, -0.05) is 66.7 Å². The number of aliphatic carboxylic acids is 1. The Balaban J connectivity index is 1.17. The average Bonchev–Trinajstić information content (AvgIpc) is 3.09. The number of hydrogen-bond donors (Lipinski definition) is 1. The molecular formula is C32H29NO5. The molecule has 0 bridgehead atoms. The third kappa shape index (κ3) is 6.10. The zero-order valence-corrected chi connectivity index (χ0v) is 21.0. The quantitative estimate of drug-likeness (QED) is 0.385. The normalized spacial score (nSPS) is 15.1. The second-order valence-electron chi connectivity index (χ2n) is 9.26. The van der Waals surface area contributed by atoms with Crippen LogP contribution in [0, 0.1) is 0 Å². The predicted octanol–water partition coefficient (Wildman–Crippen LogP) is 5.59. The summed E-state index contributed by atoms with van der Waals surface area (Å²) in [7, 11) is 0. The van der Waals surface area contributed by atoms with E-state index in [2.05, 4.69) is 17.0 Å². The topological polar surface area (TPSA) is 76.1 Å². The highest BCUT2D eigenvalue weighted by molar-refractivity contribution is 6.04. The van der Waals surface area contributed by atoms with Crippen molar-refractivity contribution in [2.24, 2.45) is 0 Å². The summed E-state index contributed by atoms with van der Waals surface area (Å²) in [6.07, 6.45) is 7.36. The van der Waals surface area contributed by atoms with Crippen molar-refractivity contribution >= 4 is 23.0 Å². The lowest BCUT2D eigenvalue weighted by molar-refractivity contribution is -0.151. The lowest BCUT2D eigenvalue weighted by atomic mass is 9.90. The molecule has 0 radical (unpaired) electrons. The van der Waals surface area contributed by atoms with Gasteiger partial charge in [0, 0.05) is 30.3 Å². The summed E-state index contributed by atoms with van der Waals surface area (Å²) >= 11 is 0. The first kappa shape index (κ1) is 25.2. The maximum Gasteiger partial charge on any atom is 0.333 e. The number of nitrogens with zero attached hydrogens (tertiary/aromatic N) is 1. The van der Waals surface area contributed by atoms with Crippen LogP contribution in [0.15, 0.2) is 109 Å². The Hall–Kier alpha value is -4.42. The Morgan fingerprint density at radius 1 is 0.895 bits per heavy atom. The second-order valence-corrected chi connectivity index (χ2v) is 9.26. The molecule has 3 aromatic carbocycles. The van der Waals surface area contributed by atoms with Gasteiger partial charge in [-0.05, 0) is 52.6 Å². The number of para-hydroxylation sites is 1. The number of carbonyl (C=O) groups is 2. The number of carboxylic acid groups (broad SMARTS) is 1. The molecule has 38 heavy (non-hydrogen) atoms. The number of ether oxygens (including phenoxy) is 2. The molecule has 0 spiro atoms. The first-order valence-corrected chi connectivity index (χ1v) is 12.7. The van der Waals surface area contributed by atoms with E-state index in [1.807, 2.05) is 85.1 Å². The molecule has 1 atom stereocenters. The minimum Gasteiger partial charge on any atom is -0.492 e. The molecule has 1 heterocycles. The molecule has 1 N–H and O–H groups in total. The molecule has 6 nitrogen and oxygen atoms in total. The van der Waals surface area contributed by atoms with E-state index < -0.39 is 12.1 Å². The molecule has 1 unspecified atom stereocenters. The summed E-state index contributed by atoms with van der Waals surface area (Å²) < 4.78 is 11.7. The smallest absolute Gasteiger partial charge is 0.333 e. The van der Waals surface area contributed by atoms with Gasteiger partial charge in [-0.25, -0.2) is 4.79 Å². The van der Waals surface area contributed by atoms with Gasteiger partial charge in [0.05, 0.1) is 13.2 Å². The molecule has 2 aliphatic rings. The van der Waals surface area contributed by atoms with E-state index in [0.29, 0.717) is 25.3 Å². The number of benzene rings is 3. The SMILES string of the molecule is O=C1C=CC2=C(C1)c1ccccc1N(CCOc1ccc(CC(OCc3ccccc3)C(=O)O)cc1)C=C2. The molecule has 0 saturated heterocycles. The highest BCUT2D eigenvalue weighted by Crippen LogP contribution is 2.36. The van der Waals surface area contributed by atoms with Crippen LogP contribution in [-0.2, 0) is 27.4 Å². The third-order valence-corrected chi connectivity index (χ3v) is 6.64. The van der Waals surface area contributed by atoms with Crippen molar-refractivity contribution in [3.8, 4) is 5.75 Å². The third-order valence-electron chi connectivity index (χ3n) is 6.64. The minimum absolute atomic E-state index is 0.115. The number of anilines is 1. The fourth-order valence-corrected chi connectivity index (χ4v) is 4.64. The number of carbonyl (C=O) groups excluding carboxylic acids is 1. The first-order valence-electron chi connectivity index (χ1n) is 12.7. The fraction of sp³-hybridized carbons (Fsp3) is 0.188. The van der Waals surface area contributed by atoms with Crippen LogP contribution in [0.5, 0.6) is 5.75 Å². The molecule has 0 saturated carbocycles. The van der Waals surface area contributed by atoms with Crippen LogP contribution >= 0.6 is 0 Å². The van der Waals surface area contributed by atoms with Crippen molar-refractivity contribution in [2.45, 2.75) is 25.6 Å². The summed E-state index contributed by atoms with van der Waals surface area (Å²) in [6, 6.07) is 25.1. The number of hydrogen-bond acceptors (Lipinski definition) is 5. The molecule has 0 fully saturated rings. The molecule has 192 valence electrons. The minimum atomic E-state index is -0.983. The van der Waals surface area contributed by atoms with E-state index in [-0.39, 0.29) is 18.8 Å². The Morgan fingerprint density at radius 3 is 2.45 bits per heavy atom. The van der Waals surface area contributed by atoms with Gasteiger partial charge in [0.25, 0.3) is 0 Å². The lowest BCUT2D eigenvalue weighted by Gasteiger charge is -2.23. The van der Waals surface area contributed by atoms with Crippen molar-refractivity contribution in [1.29, 1.82) is 0 Å². The van der Waals surface area contributed by atoms with E-state index in [1.165, 1.54) is 0 Å². The summed E-state index contributed by atoms with van der Waals surface area (Å²) in [5, 5.41) is 9.59. The lowest BCUT2D eigenvalue weighted by Crippen LogP contribution is -2.26. The number of carboxylic acids is 1. The van der Waals surface area contributed by atoms with E-state index in [0.717, 1.165) is 33.5 Å². The van der Waals surface area contributed by atoms with Crippen LogP contribution < -0.4 is 9.64 Å². The highest BCUT2D eigenvalue weighted by Gasteiger charge is 2.22. The van der Waals surface area contributed by atoms with Crippen LogP contribution in [-0.4, -0.2) is 36.1 Å². The number of fused-ring (bicyclic) bond motifs is 2. The van der Waals surface area contributed by atoms with Crippen molar-refractivity contribution in [1.82, 2.24) is 0 Å². The number of allylic oxidation sites excluding steroid dienone is 5. The van der Waals surface area contributed by atoms with Gasteiger partial charge < -0.3 is 19.5 Å². The van der Waals surface area contributed by atoms with Gasteiger partial charge in [0.2, 0.25) is 0 Å². The van der Waals surface area contributed by atoms with Crippen molar-refractivity contribution in [3.63, 3.8) is 0 Å². The average molecular weight is 508 g/mol. The van der Waals surface area contributed by atoms with Crippen LogP contribution in [0.3, 0.4) is 0 Å². The van der Waals surface area contributed by atoms with E-state index in [9.17, 15) is 14.7 Å². The zero-order valence-electron chi connectivity index (χ0n) is 21.0. The van der Waals surface area contributed by atoms with Gasteiger partial charge in [-0.3, -0.25) is 4.79 Å². The zero-order chi connectivity index (χ0) is 26.3. The standard InChI is InChI=1S/C32H29NO5/c34-26-13-12-25-16-17-33(30-9-5-4-8-28(30)29(25)21-26)18-19-37-27-14-10-23(11-15-27)20-31(32(35)36)38-22-24-6-2-1-3-7-24/h1-17,31H,18-22H2,(H,35,36). The maximum atomic E-state index is 12.0. The summed E-state index contributed by atoms with van der Waals surface area (Å²) in [5.74, 6) is -0.156. The Labute approximate surface area is 222 Å². The molecule has 1 aliphatic carbocycles. The van der Waals surface area contributed by atoms with E-state index in [4.69, 9.17) is 9.47 Å². The monoisotopic (exact) mass is 507 g/mol. The highest BCUT2D eigenvalue weighted by atomic mass is 16.5. The first-order chi connectivity index (χ1) is 18.6. The van der Waals surface area contributed by atoms with Crippen molar-refractivity contribution in [3.05, 3.63) is 126 Å². The summed E-state index contributed by atoms with van der Waals surface area (Å²) in [4.78, 5) is 25.9. The van der Waals surface area contributed by atoms with Gasteiger partial charge in [-0.15, -0.1) is 0 Å². The predicted molar refractivity (Wildman–Crippen MR) is 147 cm³/mol. The second kappa shape index (κ2) is 11.8. The number of rotatable bonds is 10. The van der Waals surface area contributed by atoms with Crippen LogP contribution in [0.25, 0.3) is 5.57 Å². The Bertz CT molecular complexity index is 1390. The summed E-state index contributed by atoms with van der Waals surface area (Å²) in [6.45, 7) is 1.33. The molecule has 6 heteroatoms. The fourth-order valence-electron chi connectivity index (χ4n) is 4.64. The molecular weight excluding hydrogens is 478 g/mol. The molecule has 3 aromatic rings. The number of ketones is 1. The van der Waals surface area contributed by atoms with Crippen LogP contribution in [0.2, 0.25) is 0 Å². The summed E-state index contributed by atoms with van der Waals surface area (Å²) in [5.41, 5.74) is 6.02. The largest absolute Gasteiger partial charge is 0.492 e. The molecule has 5 rings (SSSR count). The maximum absolute atomic E-state index is 12.0. The van der Waals surface area contributed by atoms with Gasteiger partial charge in [-0.2, -0.15) is 0 Å². The Kier molecular flexibility index (Phi) is 7.81. The molecule has 0 amide bonds. The van der Waals surface area contributed by atoms with Gasteiger partial charge in [0.15, 0.2) is 11.9 Å². The van der Waals surface area contributed by atoms with Crippen molar-refractivity contribution < 1.29 is 24.2 Å². The van der Waals surface area contributed by atoms with Gasteiger partial charge >= 0.3 is 5.97 Å². The van der Waals surface area contributed by atoms with E-state index in [1.54, 1.807) is 6.08 Å². The van der Waals surface area contributed by atoms with E-state index >= 15 is 0 Å². The molecule has 1 aliphatic heterocycles. The molecule has 0 aromatic heterocycles. The van der Waals surface area contributed by atoms with Gasteiger partial charge in [0.1, 0.15) is 12.4 Å².